The molecule has 0 unspecified atom stereocenters. The Bertz CT molecular complexity index is 880. The number of nitrogens with zero attached hydrogens (tertiary/aromatic N) is 1. The monoisotopic (exact) mass is 309 g/mol. The molecule has 3 aromatic rings. The molecule has 118 valence electrons. The highest BCUT2D eigenvalue weighted by molar-refractivity contribution is 5.96. The quantitative estimate of drug-likeness (QED) is 0.712. The van der Waals surface area contributed by atoms with Gasteiger partial charge in [0.2, 0.25) is 0 Å². The minimum Gasteiger partial charge on any atom is -0.493 e. The van der Waals surface area contributed by atoms with Crippen LogP contribution in [0.5, 0.6) is 17.2 Å². The number of ether oxygens (including phenoxy) is 2. The van der Waals surface area contributed by atoms with Crippen LogP contribution in [0, 0.1) is 6.92 Å². The van der Waals surface area contributed by atoms with Crippen LogP contribution in [0.1, 0.15) is 11.3 Å². The smallest absolute Gasteiger partial charge is 0.178 e. The predicted molar refractivity (Wildman–Crippen MR) is 91.0 cm³/mol. The van der Waals surface area contributed by atoms with Gasteiger partial charge in [0.15, 0.2) is 11.3 Å². The van der Waals surface area contributed by atoms with Gasteiger partial charge in [-0.1, -0.05) is 12.1 Å². The van der Waals surface area contributed by atoms with Crippen LogP contribution in [0.2, 0.25) is 0 Å². The van der Waals surface area contributed by atoms with E-state index in [9.17, 15) is 0 Å². The normalized spacial score (nSPS) is 13.0. The SMILES string of the molecule is Cc1oc2c(Oc3ccc4c(c3)OCC4)cccc2c1N(C)C. The van der Waals surface area contributed by atoms with E-state index in [0.717, 1.165) is 52.7 Å². The second-order valence-corrected chi connectivity index (χ2v) is 6.00. The summed E-state index contributed by atoms with van der Waals surface area (Å²) in [5, 5.41) is 1.06. The van der Waals surface area contributed by atoms with Gasteiger partial charge >= 0.3 is 0 Å². The van der Waals surface area contributed by atoms with Crippen LogP contribution in [-0.2, 0) is 6.42 Å². The van der Waals surface area contributed by atoms with E-state index in [0.29, 0.717) is 0 Å². The average molecular weight is 309 g/mol. The lowest BCUT2D eigenvalue weighted by Crippen LogP contribution is -2.08. The van der Waals surface area contributed by atoms with Crippen LogP contribution in [0.25, 0.3) is 11.0 Å². The van der Waals surface area contributed by atoms with Crippen molar-refractivity contribution in [3.05, 3.63) is 47.7 Å². The van der Waals surface area contributed by atoms with Crippen molar-refractivity contribution in [1.82, 2.24) is 0 Å². The number of para-hydroxylation sites is 1. The van der Waals surface area contributed by atoms with Crippen molar-refractivity contribution in [1.29, 1.82) is 0 Å². The van der Waals surface area contributed by atoms with Gasteiger partial charge in [0.05, 0.1) is 12.3 Å². The number of furan rings is 1. The van der Waals surface area contributed by atoms with Crippen LogP contribution < -0.4 is 14.4 Å². The van der Waals surface area contributed by atoms with Crippen LogP contribution in [0.3, 0.4) is 0 Å². The first-order valence-electron chi connectivity index (χ1n) is 7.76. The Labute approximate surface area is 135 Å². The zero-order chi connectivity index (χ0) is 16.0. The third-order valence-electron chi connectivity index (χ3n) is 4.17. The van der Waals surface area contributed by atoms with Crippen molar-refractivity contribution < 1.29 is 13.9 Å². The number of hydrogen-bond donors (Lipinski definition) is 0. The Balaban J connectivity index is 1.76. The molecular formula is C19H19NO3. The van der Waals surface area contributed by atoms with Gasteiger partial charge in [0, 0.05) is 32.0 Å². The molecule has 2 aromatic carbocycles. The van der Waals surface area contributed by atoms with Crippen LogP contribution in [-0.4, -0.2) is 20.7 Å². The van der Waals surface area contributed by atoms with Gasteiger partial charge in [-0.2, -0.15) is 0 Å². The summed E-state index contributed by atoms with van der Waals surface area (Å²) < 4.78 is 17.6. The molecule has 1 aromatic heterocycles. The van der Waals surface area contributed by atoms with Crippen molar-refractivity contribution in [2.75, 3.05) is 25.6 Å². The maximum atomic E-state index is 6.07. The first kappa shape index (κ1) is 14.0. The lowest BCUT2D eigenvalue weighted by atomic mass is 10.1. The zero-order valence-corrected chi connectivity index (χ0v) is 13.6. The Morgan fingerprint density at radius 1 is 1.13 bits per heavy atom. The molecule has 0 bridgehead atoms. The molecule has 23 heavy (non-hydrogen) atoms. The molecule has 4 heteroatoms. The molecule has 0 spiro atoms. The summed E-state index contributed by atoms with van der Waals surface area (Å²) in [4.78, 5) is 2.06. The molecule has 1 aliphatic heterocycles. The molecule has 0 fully saturated rings. The first-order valence-corrected chi connectivity index (χ1v) is 7.76. The maximum Gasteiger partial charge on any atom is 0.178 e. The van der Waals surface area contributed by atoms with Crippen LogP contribution >= 0.6 is 0 Å². The van der Waals surface area contributed by atoms with Crippen molar-refractivity contribution in [2.24, 2.45) is 0 Å². The molecule has 0 atom stereocenters. The summed E-state index contributed by atoms with van der Waals surface area (Å²) in [6, 6.07) is 12.0. The number of rotatable bonds is 3. The zero-order valence-electron chi connectivity index (χ0n) is 13.6. The van der Waals surface area contributed by atoms with Gasteiger partial charge in [-0.25, -0.2) is 0 Å². The van der Waals surface area contributed by atoms with Crippen molar-refractivity contribution in [3.63, 3.8) is 0 Å². The van der Waals surface area contributed by atoms with E-state index in [1.165, 1.54) is 5.56 Å². The number of hydrogen-bond acceptors (Lipinski definition) is 4. The van der Waals surface area contributed by atoms with Crippen LogP contribution in [0.15, 0.2) is 40.8 Å². The van der Waals surface area contributed by atoms with E-state index in [2.05, 4.69) is 17.0 Å². The Kier molecular flexibility index (Phi) is 3.18. The lowest BCUT2D eigenvalue weighted by Gasteiger charge is -2.11. The van der Waals surface area contributed by atoms with E-state index >= 15 is 0 Å². The molecular weight excluding hydrogens is 290 g/mol. The van der Waals surface area contributed by atoms with Gasteiger partial charge in [-0.3, -0.25) is 0 Å². The van der Waals surface area contributed by atoms with E-state index < -0.39 is 0 Å². The largest absolute Gasteiger partial charge is 0.493 e. The molecule has 0 saturated carbocycles. The molecule has 0 aliphatic carbocycles. The summed E-state index contributed by atoms with van der Waals surface area (Å²) in [6.07, 6.45) is 0.967. The molecule has 0 amide bonds. The van der Waals surface area contributed by atoms with E-state index in [-0.39, 0.29) is 0 Å². The Morgan fingerprint density at radius 3 is 2.83 bits per heavy atom. The average Bonchev–Trinajstić information content (AvgIpc) is 3.10. The highest BCUT2D eigenvalue weighted by Crippen LogP contribution is 2.40. The summed E-state index contributed by atoms with van der Waals surface area (Å²) in [5.41, 5.74) is 3.09. The predicted octanol–water partition coefficient (Wildman–Crippen LogP) is 4.53. The standard InChI is InChI=1S/C19H19NO3/c1-12-18(20(2)3)15-5-4-6-16(19(15)22-12)23-14-8-7-13-9-10-21-17(13)11-14/h4-8,11H,9-10H2,1-3H3. The second kappa shape index (κ2) is 5.23. The van der Waals surface area contributed by atoms with Gasteiger partial charge in [-0.05, 0) is 30.7 Å². The second-order valence-electron chi connectivity index (χ2n) is 6.00. The minimum absolute atomic E-state index is 0.719. The highest BCUT2D eigenvalue weighted by atomic mass is 16.5. The number of aryl methyl sites for hydroxylation is 1. The van der Waals surface area contributed by atoms with Gasteiger partial charge < -0.3 is 18.8 Å². The Morgan fingerprint density at radius 2 is 2.00 bits per heavy atom. The molecule has 4 nitrogen and oxygen atoms in total. The fourth-order valence-electron chi connectivity index (χ4n) is 3.17. The van der Waals surface area contributed by atoms with Crippen LogP contribution in [0.4, 0.5) is 5.69 Å². The maximum absolute atomic E-state index is 6.07. The Hall–Kier alpha value is -2.62. The van der Waals surface area contributed by atoms with Crippen molar-refractivity contribution in [3.8, 4) is 17.2 Å². The summed E-state index contributed by atoms with van der Waals surface area (Å²) in [6.45, 7) is 2.72. The fourth-order valence-corrected chi connectivity index (χ4v) is 3.17. The van der Waals surface area contributed by atoms with E-state index in [1.807, 2.05) is 45.3 Å². The number of anilines is 1. The topological polar surface area (TPSA) is 34.8 Å². The molecule has 4 rings (SSSR count). The van der Waals surface area contributed by atoms with E-state index in [4.69, 9.17) is 13.9 Å². The highest BCUT2D eigenvalue weighted by Gasteiger charge is 2.17. The summed E-state index contributed by atoms with van der Waals surface area (Å²) in [7, 11) is 4.03. The molecule has 0 saturated heterocycles. The van der Waals surface area contributed by atoms with Gasteiger partial charge in [-0.15, -0.1) is 0 Å². The van der Waals surface area contributed by atoms with E-state index in [1.54, 1.807) is 0 Å². The molecule has 0 radical (unpaired) electrons. The minimum atomic E-state index is 0.719. The van der Waals surface area contributed by atoms with Crippen molar-refractivity contribution >= 4 is 16.7 Å². The van der Waals surface area contributed by atoms with Crippen molar-refractivity contribution in [2.45, 2.75) is 13.3 Å². The number of fused-ring (bicyclic) bond motifs is 2. The first-order chi connectivity index (χ1) is 11.1. The summed E-state index contributed by atoms with van der Waals surface area (Å²) in [5.74, 6) is 3.29. The fraction of sp³-hybridized carbons (Fsp3) is 0.263. The van der Waals surface area contributed by atoms with Gasteiger partial charge in [0.25, 0.3) is 0 Å². The summed E-state index contributed by atoms with van der Waals surface area (Å²) >= 11 is 0. The third-order valence-corrected chi connectivity index (χ3v) is 4.17. The third kappa shape index (κ3) is 2.31. The molecule has 0 N–H and O–H groups in total. The molecule has 1 aliphatic rings. The molecule has 2 heterocycles. The van der Waals surface area contributed by atoms with Gasteiger partial charge in [0.1, 0.15) is 17.3 Å². The number of benzene rings is 2. The lowest BCUT2D eigenvalue weighted by molar-refractivity contribution is 0.355.